The molecule has 4 heteroatoms. The van der Waals surface area contributed by atoms with Crippen molar-refractivity contribution in [2.45, 2.75) is 6.04 Å². The van der Waals surface area contributed by atoms with Gasteiger partial charge in [0.15, 0.2) is 0 Å². The molecular weight excluding hydrogens is 306 g/mol. The van der Waals surface area contributed by atoms with Crippen LogP contribution in [0.2, 0.25) is 0 Å². The molecule has 0 heterocycles. The Labute approximate surface area is 121 Å². The average Bonchev–Trinajstić information content (AvgIpc) is 2.46. The van der Waals surface area contributed by atoms with Crippen LogP contribution in [0.5, 0.6) is 11.5 Å². The number of methoxy groups -OCH3 is 2. The third-order valence-electron chi connectivity index (χ3n) is 2.97. The van der Waals surface area contributed by atoms with Crippen LogP contribution in [0.4, 0.5) is 0 Å². The van der Waals surface area contributed by atoms with Crippen molar-refractivity contribution in [3.63, 3.8) is 0 Å². The van der Waals surface area contributed by atoms with Crippen molar-refractivity contribution in [3.8, 4) is 11.5 Å². The zero-order chi connectivity index (χ0) is 13.8. The van der Waals surface area contributed by atoms with E-state index >= 15 is 0 Å². The molecule has 3 nitrogen and oxygen atoms in total. The van der Waals surface area contributed by atoms with Crippen LogP contribution >= 0.6 is 15.9 Å². The first-order valence-electron chi connectivity index (χ1n) is 5.88. The van der Waals surface area contributed by atoms with Crippen molar-refractivity contribution >= 4 is 15.9 Å². The van der Waals surface area contributed by atoms with E-state index in [2.05, 4.69) is 15.9 Å². The fourth-order valence-corrected chi connectivity index (χ4v) is 2.45. The largest absolute Gasteiger partial charge is 0.497 e. The minimum atomic E-state index is -0.237. The highest BCUT2D eigenvalue weighted by Gasteiger charge is 2.14. The van der Waals surface area contributed by atoms with Crippen molar-refractivity contribution < 1.29 is 9.47 Å². The molecule has 2 aromatic rings. The molecule has 100 valence electrons. The van der Waals surface area contributed by atoms with Gasteiger partial charge in [0.1, 0.15) is 11.5 Å². The first kappa shape index (κ1) is 13.9. The van der Waals surface area contributed by atoms with Gasteiger partial charge >= 0.3 is 0 Å². The van der Waals surface area contributed by atoms with E-state index in [0.29, 0.717) is 0 Å². The Bertz CT molecular complexity index is 550. The van der Waals surface area contributed by atoms with Crippen molar-refractivity contribution in [1.29, 1.82) is 0 Å². The summed E-state index contributed by atoms with van der Waals surface area (Å²) in [6, 6.07) is 13.4. The van der Waals surface area contributed by atoms with Gasteiger partial charge in [0, 0.05) is 10.5 Å². The van der Waals surface area contributed by atoms with E-state index < -0.39 is 0 Å². The van der Waals surface area contributed by atoms with Crippen LogP contribution in [0.1, 0.15) is 17.2 Å². The maximum atomic E-state index is 6.32. The topological polar surface area (TPSA) is 44.5 Å². The minimum Gasteiger partial charge on any atom is -0.497 e. The normalized spacial score (nSPS) is 12.0. The molecule has 1 atom stereocenters. The second kappa shape index (κ2) is 6.08. The molecule has 0 aliphatic carbocycles. The highest BCUT2D eigenvalue weighted by molar-refractivity contribution is 9.10. The van der Waals surface area contributed by atoms with Gasteiger partial charge in [-0.1, -0.05) is 34.1 Å². The van der Waals surface area contributed by atoms with Crippen LogP contribution in [-0.2, 0) is 0 Å². The number of rotatable bonds is 4. The summed E-state index contributed by atoms with van der Waals surface area (Å²) in [6.45, 7) is 0. The molecule has 0 aliphatic rings. The maximum Gasteiger partial charge on any atom is 0.122 e. The summed E-state index contributed by atoms with van der Waals surface area (Å²) in [5.41, 5.74) is 8.30. The number of benzene rings is 2. The molecule has 1 unspecified atom stereocenters. The second-order valence-corrected chi connectivity index (χ2v) is 5.00. The van der Waals surface area contributed by atoms with Crippen LogP contribution < -0.4 is 15.2 Å². The first-order chi connectivity index (χ1) is 9.15. The monoisotopic (exact) mass is 321 g/mol. The molecule has 0 aromatic heterocycles. The Morgan fingerprint density at radius 1 is 1.00 bits per heavy atom. The summed E-state index contributed by atoms with van der Waals surface area (Å²) in [5, 5.41) is 0. The van der Waals surface area contributed by atoms with Gasteiger partial charge < -0.3 is 15.2 Å². The van der Waals surface area contributed by atoms with Crippen LogP contribution in [0.15, 0.2) is 46.9 Å². The van der Waals surface area contributed by atoms with Crippen molar-refractivity contribution in [3.05, 3.63) is 58.1 Å². The summed E-state index contributed by atoms with van der Waals surface area (Å²) < 4.78 is 11.5. The lowest BCUT2D eigenvalue weighted by Gasteiger charge is -2.16. The fraction of sp³-hybridized carbons (Fsp3) is 0.200. The summed E-state index contributed by atoms with van der Waals surface area (Å²) in [6.07, 6.45) is 0. The third kappa shape index (κ3) is 3.08. The predicted molar refractivity (Wildman–Crippen MR) is 79.7 cm³/mol. The molecule has 2 aromatic carbocycles. The molecule has 0 spiro atoms. The van der Waals surface area contributed by atoms with Gasteiger partial charge in [0.05, 0.1) is 20.3 Å². The molecular formula is C15H16BrNO2. The van der Waals surface area contributed by atoms with Gasteiger partial charge in [-0.2, -0.15) is 0 Å². The highest BCUT2D eigenvalue weighted by atomic mass is 79.9. The summed E-state index contributed by atoms with van der Waals surface area (Å²) >= 11 is 3.52. The molecule has 0 fully saturated rings. The van der Waals surface area contributed by atoms with Crippen molar-refractivity contribution in [2.24, 2.45) is 5.73 Å². The van der Waals surface area contributed by atoms with Crippen LogP contribution in [0, 0.1) is 0 Å². The quantitative estimate of drug-likeness (QED) is 0.937. The van der Waals surface area contributed by atoms with E-state index in [-0.39, 0.29) is 6.04 Å². The smallest absolute Gasteiger partial charge is 0.122 e. The molecule has 0 aliphatic heterocycles. The zero-order valence-corrected chi connectivity index (χ0v) is 12.5. The second-order valence-electron chi connectivity index (χ2n) is 4.15. The van der Waals surface area contributed by atoms with Crippen molar-refractivity contribution in [2.75, 3.05) is 14.2 Å². The Kier molecular flexibility index (Phi) is 4.45. The van der Waals surface area contributed by atoms with Gasteiger partial charge in [-0.3, -0.25) is 0 Å². The van der Waals surface area contributed by atoms with E-state index in [4.69, 9.17) is 15.2 Å². The molecule has 2 N–H and O–H groups in total. The van der Waals surface area contributed by atoms with Crippen LogP contribution in [-0.4, -0.2) is 14.2 Å². The lowest BCUT2D eigenvalue weighted by atomic mass is 9.99. The molecule has 2 rings (SSSR count). The first-order valence-corrected chi connectivity index (χ1v) is 6.68. The highest BCUT2D eigenvalue weighted by Crippen LogP contribution is 2.31. The van der Waals surface area contributed by atoms with Gasteiger partial charge in [0.25, 0.3) is 0 Å². The standard InChI is InChI=1S/C15H16BrNO2/c1-18-11-7-10(8-12(9-11)19-2)15(17)13-5-3-4-6-14(13)16/h3-9,15H,17H2,1-2H3. The Morgan fingerprint density at radius 3 is 2.11 bits per heavy atom. The van der Waals surface area contributed by atoms with E-state index in [0.717, 1.165) is 27.1 Å². The maximum absolute atomic E-state index is 6.32. The van der Waals surface area contributed by atoms with Crippen molar-refractivity contribution in [1.82, 2.24) is 0 Å². The number of nitrogens with two attached hydrogens (primary N) is 1. The summed E-state index contributed by atoms with van der Waals surface area (Å²) in [7, 11) is 3.25. The molecule has 0 bridgehead atoms. The van der Waals surface area contributed by atoms with Gasteiger partial charge in [0.2, 0.25) is 0 Å². The average molecular weight is 322 g/mol. The number of halogens is 1. The number of hydrogen-bond acceptors (Lipinski definition) is 3. The van der Waals surface area contributed by atoms with Gasteiger partial charge in [-0.15, -0.1) is 0 Å². The van der Waals surface area contributed by atoms with E-state index in [9.17, 15) is 0 Å². The van der Waals surface area contributed by atoms with Crippen LogP contribution in [0.3, 0.4) is 0 Å². The summed E-state index contributed by atoms with van der Waals surface area (Å²) in [5.74, 6) is 1.47. The Morgan fingerprint density at radius 2 is 1.58 bits per heavy atom. The lowest BCUT2D eigenvalue weighted by Crippen LogP contribution is -2.12. The van der Waals surface area contributed by atoms with E-state index in [1.165, 1.54) is 0 Å². The zero-order valence-electron chi connectivity index (χ0n) is 10.9. The fourth-order valence-electron chi connectivity index (χ4n) is 1.92. The third-order valence-corrected chi connectivity index (χ3v) is 3.70. The lowest BCUT2D eigenvalue weighted by molar-refractivity contribution is 0.393. The predicted octanol–water partition coefficient (Wildman–Crippen LogP) is 3.51. The summed E-state index contributed by atoms with van der Waals surface area (Å²) in [4.78, 5) is 0. The molecule has 0 radical (unpaired) electrons. The molecule has 0 saturated heterocycles. The van der Waals surface area contributed by atoms with E-state index in [1.807, 2.05) is 42.5 Å². The molecule has 19 heavy (non-hydrogen) atoms. The SMILES string of the molecule is COc1cc(OC)cc(C(N)c2ccccc2Br)c1. The van der Waals surface area contributed by atoms with Gasteiger partial charge in [-0.05, 0) is 29.3 Å². The Balaban J connectivity index is 2.43. The minimum absolute atomic E-state index is 0.237. The molecule has 0 saturated carbocycles. The number of hydrogen-bond donors (Lipinski definition) is 1. The Hall–Kier alpha value is -1.52. The molecule has 0 amide bonds. The van der Waals surface area contributed by atoms with E-state index in [1.54, 1.807) is 14.2 Å². The number of ether oxygens (including phenoxy) is 2. The van der Waals surface area contributed by atoms with Crippen LogP contribution in [0.25, 0.3) is 0 Å². The van der Waals surface area contributed by atoms with Gasteiger partial charge in [-0.25, -0.2) is 0 Å².